The average Bonchev–Trinajstić information content (AvgIpc) is 2.54. The molecule has 0 bridgehead atoms. The van der Waals surface area contributed by atoms with Gasteiger partial charge in [-0.2, -0.15) is 0 Å². The molecule has 2 rings (SSSR count). The summed E-state index contributed by atoms with van der Waals surface area (Å²) in [7, 11) is 0. The number of likely N-dealkylation sites (tertiary alicyclic amines) is 1. The second kappa shape index (κ2) is 8.09. The molecule has 2 atom stereocenters. The number of nitrogens with one attached hydrogen (secondary N) is 1. The summed E-state index contributed by atoms with van der Waals surface area (Å²) in [6.45, 7) is 5.10. The maximum atomic E-state index is 13.3. The molecule has 2 unspecified atom stereocenters. The zero-order chi connectivity index (χ0) is 16.8. The van der Waals surface area contributed by atoms with Gasteiger partial charge in [0.2, 0.25) is 5.91 Å². The van der Waals surface area contributed by atoms with E-state index in [1.54, 1.807) is 11.0 Å². The molecule has 23 heavy (non-hydrogen) atoms. The minimum Gasteiger partial charge on any atom is -0.353 e. The lowest BCUT2D eigenvalue weighted by atomic mass is 9.96. The van der Waals surface area contributed by atoms with Crippen molar-refractivity contribution < 1.29 is 14.0 Å². The van der Waals surface area contributed by atoms with Crippen LogP contribution >= 0.6 is 0 Å². The number of rotatable bonds is 5. The van der Waals surface area contributed by atoms with E-state index >= 15 is 0 Å². The first-order chi connectivity index (χ1) is 11.0. The molecule has 2 amide bonds. The molecule has 1 fully saturated rings. The Labute approximate surface area is 137 Å². The van der Waals surface area contributed by atoms with Crippen molar-refractivity contribution in [1.82, 2.24) is 10.2 Å². The zero-order valence-electron chi connectivity index (χ0n) is 13.8. The van der Waals surface area contributed by atoms with Crippen molar-refractivity contribution in [2.45, 2.75) is 45.6 Å². The van der Waals surface area contributed by atoms with Gasteiger partial charge in [-0.15, -0.1) is 0 Å². The third-order valence-electron chi connectivity index (χ3n) is 4.26. The lowest BCUT2D eigenvalue weighted by Gasteiger charge is -2.32. The van der Waals surface area contributed by atoms with Crippen molar-refractivity contribution >= 4 is 11.8 Å². The third-order valence-corrected chi connectivity index (χ3v) is 4.26. The largest absolute Gasteiger partial charge is 0.353 e. The second-order valence-electron chi connectivity index (χ2n) is 6.30. The summed E-state index contributed by atoms with van der Waals surface area (Å²) in [5.74, 6) is -0.789. The maximum Gasteiger partial charge on any atom is 0.253 e. The number of hydrogen-bond acceptors (Lipinski definition) is 2. The van der Waals surface area contributed by atoms with E-state index in [1.807, 2.05) is 6.92 Å². The summed E-state index contributed by atoms with van der Waals surface area (Å²) < 4.78 is 13.3. The Bertz CT molecular complexity index is 562. The van der Waals surface area contributed by atoms with Crippen LogP contribution in [0.3, 0.4) is 0 Å². The molecule has 0 radical (unpaired) electrons. The summed E-state index contributed by atoms with van der Waals surface area (Å²) in [6, 6.07) is 5.86. The van der Waals surface area contributed by atoms with Gasteiger partial charge in [-0.3, -0.25) is 9.59 Å². The number of piperidine rings is 1. The number of hydrogen-bond donors (Lipinski definition) is 1. The second-order valence-corrected chi connectivity index (χ2v) is 6.30. The van der Waals surface area contributed by atoms with Crippen LogP contribution < -0.4 is 5.32 Å². The number of nitrogens with zero attached hydrogens (tertiary/aromatic N) is 1. The van der Waals surface area contributed by atoms with Gasteiger partial charge < -0.3 is 10.2 Å². The minimum absolute atomic E-state index is 0.0164. The third kappa shape index (κ3) is 4.78. The molecular weight excluding hydrogens is 295 g/mol. The standard InChI is InChI=1S/C18H25FN2O2/c1-3-6-13(2)20-17(22)15-8-5-10-21(12-15)18(23)14-7-4-9-16(19)11-14/h4,7,9,11,13,15H,3,5-6,8,10,12H2,1-2H3,(H,20,22). The Hall–Kier alpha value is -1.91. The van der Waals surface area contributed by atoms with Gasteiger partial charge in [0.05, 0.1) is 5.92 Å². The highest BCUT2D eigenvalue weighted by Gasteiger charge is 2.29. The van der Waals surface area contributed by atoms with Crippen LogP contribution in [0.1, 0.15) is 49.9 Å². The first kappa shape index (κ1) is 17.4. The molecule has 0 aromatic heterocycles. The molecule has 1 N–H and O–H groups in total. The Morgan fingerprint density at radius 2 is 2.22 bits per heavy atom. The molecule has 1 aliphatic heterocycles. The monoisotopic (exact) mass is 320 g/mol. The SMILES string of the molecule is CCCC(C)NC(=O)C1CCCN(C(=O)c2cccc(F)c2)C1. The molecule has 4 nitrogen and oxygen atoms in total. The molecule has 0 saturated carbocycles. The van der Waals surface area contributed by atoms with E-state index in [-0.39, 0.29) is 23.8 Å². The number of halogens is 1. The van der Waals surface area contributed by atoms with E-state index in [4.69, 9.17) is 0 Å². The van der Waals surface area contributed by atoms with Gasteiger partial charge in [0.25, 0.3) is 5.91 Å². The Morgan fingerprint density at radius 1 is 1.43 bits per heavy atom. The van der Waals surface area contributed by atoms with Crippen molar-refractivity contribution in [2.24, 2.45) is 5.92 Å². The highest BCUT2D eigenvalue weighted by Crippen LogP contribution is 2.19. The van der Waals surface area contributed by atoms with E-state index in [2.05, 4.69) is 12.2 Å². The van der Waals surface area contributed by atoms with E-state index < -0.39 is 5.82 Å². The quantitative estimate of drug-likeness (QED) is 0.907. The molecule has 1 heterocycles. The Kier molecular flexibility index (Phi) is 6.13. The van der Waals surface area contributed by atoms with Gasteiger partial charge in [0, 0.05) is 24.7 Å². The van der Waals surface area contributed by atoms with Gasteiger partial charge in [-0.1, -0.05) is 19.4 Å². The van der Waals surface area contributed by atoms with E-state index in [0.717, 1.165) is 25.7 Å². The first-order valence-electron chi connectivity index (χ1n) is 8.36. The van der Waals surface area contributed by atoms with Crippen LogP contribution in [-0.2, 0) is 4.79 Å². The average molecular weight is 320 g/mol. The van der Waals surface area contributed by atoms with Gasteiger partial charge in [-0.05, 0) is 44.4 Å². The van der Waals surface area contributed by atoms with Crippen molar-refractivity contribution in [2.75, 3.05) is 13.1 Å². The molecular formula is C18H25FN2O2. The van der Waals surface area contributed by atoms with Crippen LogP contribution in [0.15, 0.2) is 24.3 Å². The summed E-state index contributed by atoms with van der Waals surface area (Å²) in [5, 5.41) is 3.02. The van der Waals surface area contributed by atoms with Crippen molar-refractivity contribution in [1.29, 1.82) is 0 Å². The van der Waals surface area contributed by atoms with E-state index in [1.165, 1.54) is 18.2 Å². The molecule has 1 aliphatic rings. The number of benzene rings is 1. The van der Waals surface area contributed by atoms with Gasteiger partial charge in [-0.25, -0.2) is 4.39 Å². The van der Waals surface area contributed by atoms with Crippen LogP contribution in [0.25, 0.3) is 0 Å². The molecule has 1 aromatic rings. The number of amides is 2. The highest BCUT2D eigenvalue weighted by molar-refractivity contribution is 5.94. The van der Waals surface area contributed by atoms with Gasteiger partial charge in [0.15, 0.2) is 0 Å². The number of carbonyl (C=O) groups is 2. The van der Waals surface area contributed by atoms with Crippen LogP contribution in [0.4, 0.5) is 4.39 Å². The van der Waals surface area contributed by atoms with E-state index in [0.29, 0.717) is 18.7 Å². The Balaban J connectivity index is 1.97. The number of carbonyl (C=O) groups excluding carboxylic acids is 2. The topological polar surface area (TPSA) is 49.4 Å². The fourth-order valence-corrected chi connectivity index (χ4v) is 3.05. The molecule has 0 aliphatic carbocycles. The summed E-state index contributed by atoms with van der Waals surface area (Å²) >= 11 is 0. The fourth-order valence-electron chi connectivity index (χ4n) is 3.05. The van der Waals surface area contributed by atoms with Gasteiger partial charge in [0.1, 0.15) is 5.82 Å². The predicted molar refractivity (Wildman–Crippen MR) is 87.5 cm³/mol. The molecule has 1 aromatic carbocycles. The molecule has 1 saturated heterocycles. The van der Waals surface area contributed by atoms with E-state index in [9.17, 15) is 14.0 Å². The smallest absolute Gasteiger partial charge is 0.253 e. The van der Waals surface area contributed by atoms with Crippen LogP contribution in [-0.4, -0.2) is 35.8 Å². The normalized spacial score (nSPS) is 19.3. The fraction of sp³-hybridized carbons (Fsp3) is 0.556. The molecule has 126 valence electrons. The lowest BCUT2D eigenvalue weighted by Crippen LogP contribution is -2.47. The first-order valence-corrected chi connectivity index (χ1v) is 8.36. The Morgan fingerprint density at radius 3 is 2.91 bits per heavy atom. The van der Waals surface area contributed by atoms with Gasteiger partial charge >= 0.3 is 0 Å². The van der Waals surface area contributed by atoms with Crippen LogP contribution in [0, 0.1) is 11.7 Å². The van der Waals surface area contributed by atoms with Crippen LogP contribution in [0.5, 0.6) is 0 Å². The lowest BCUT2D eigenvalue weighted by molar-refractivity contribution is -0.127. The summed E-state index contributed by atoms with van der Waals surface area (Å²) in [4.78, 5) is 26.5. The summed E-state index contributed by atoms with van der Waals surface area (Å²) in [6.07, 6.45) is 3.56. The van der Waals surface area contributed by atoms with Crippen molar-refractivity contribution in [3.63, 3.8) is 0 Å². The maximum absolute atomic E-state index is 13.3. The van der Waals surface area contributed by atoms with Crippen molar-refractivity contribution in [3.05, 3.63) is 35.6 Å². The summed E-state index contributed by atoms with van der Waals surface area (Å²) in [5.41, 5.74) is 0.338. The minimum atomic E-state index is -0.421. The molecule has 0 spiro atoms. The zero-order valence-corrected chi connectivity index (χ0v) is 13.8. The predicted octanol–water partition coefficient (Wildman–Crippen LogP) is 2.98. The van der Waals surface area contributed by atoms with Crippen LogP contribution in [0.2, 0.25) is 0 Å². The van der Waals surface area contributed by atoms with Crippen molar-refractivity contribution in [3.8, 4) is 0 Å². The highest BCUT2D eigenvalue weighted by atomic mass is 19.1. The molecule has 5 heteroatoms.